The van der Waals surface area contributed by atoms with Crippen LogP contribution in [0.25, 0.3) is 0 Å². The third kappa shape index (κ3) is 1.84. The van der Waals surface area contributed by atoms with Gasteiger partial charge in [-0.3, -0.25) is 4.79 Å². The van der Waals surface area contributed by atoms with Gasteiger partial charge in [-0.25, -0.2) is 0 Å². The van der Waals surface area contributed by atoms with Crippen LogP contribution in [-0.4, -0.2) is 17.0 Å². The number of fused-ring (bicyclic) bond motifs is 5. The Hall–Kier alpha value is -0.370. The molecule has 4 aliphatic carbocycles. The van der Waals surface area contributed by atoms with E-state index in [2.05, 4.69) is 13.8 Å². The third-order valence-electron chi connectivity index (χ3n) is 8.43. The molecule has 1 N–H and O–H groups in total. The van der Waals surface area contributed by atoms with Crippen molar-refractivity contribution in [2.24, 2.45) is 34.5 Å². The number of rotatable bonds is 0. The van der Waals surface area contributed by atoms with Crippen LogP contribution in [0.15, 0.2) is 0 Å². The van der Waals surface area contributed by atoms with Gasteiger partial charge in [0.25, 0.3) is 0 Å². The Morgan fingerprint density at radius 1 is 0.952 bits per heavy atom. The molecule has 0 heterocycles. The Kier molecular flexibility index (Phi) is 3.10. The highest BCUT2D eigenvalue weighted by molar-refractivity contribution is 5.79. The quantitative estimate of drug-likeness (QED) is 0.733. The van der Waals surface area contributed by atoms with Crippen molar-refractivity contribution in [3.05, 3.63) is 0 Å². The largest absolute Gasteiger partial charge is 0.393 e. The Balaban J connectivity index is 1.64. The van der Waals surface area contributed by atoms with E-state index in [0.717, 1.165) is 43.4 Å². The third-order valence-corrected chi connectivity index (χ3v) is 8.43. The molecular weight excluding hydrogens is 260 g/mol. The Morgan fingerprint density at radius 2 is 1.71 bits per heavy atom. The molecule has 7 atom stereocenters. The lowest BCUT2D eigenvalue weighted by atomic mass is 9.45. The smallest absolute Gasteiger partial charge is 0.133 e. The molecule has 4 fully saturated rings. The van der Waals surface area contributed by atoms with Crippen LogP contribution in [0.3, 0.4) is 0 Å². The van der Waals surface area contributed by atoms with E-state index in [9.17, 15) is 9.90 Å². The van der Waals surface area contributed by atoms with Crippen LogP contribution in [-0.2, 0) is 4.79 Å². The zero-order valence-corrected chi connectivity index (χ0v) is 13.6. The molecule has 0 spiro atoms. The predicted octanol–water partition coefficient (Wildman–Crippen LogP) is 3.96. The van der Waals surface area contributed by atoms with E-state index in [1.54, 1.807) is 0 Å². The summed E-state index contributed by atoms with van der Waals surface area (Å²) in [6, 6.07) is 0. The van der Waals surface area contributed by atoms with Gasteiger partial charge < -0.3 is 5.11 Å². The number of carbonyl (C=O) groups is 1. The van der Waals surface area contributed by atoms with E-state index in [0.29, 0.717) is 17.1 Å². The number of aliphatic hydroxyl groups is 1. The van der Waals surface area contributed by atoms with Gasteiger partial charge in [0.2, 0.25) is 0 Å². The molecule has 2 heteroatoms. The van der Waals surface area contributed by atoms with Gasteiger partial charge in [0, 0.05) is 12.8 Å². The van der Waals surface area contributed by atoms with Gasteiger partial charge in [0.15, 0.2) is 0 Å². The fourth-order valence-corrected chi connectivity index (χ4v) is 7.02. The van der Waals surface area contributed by atoms with Gasteiger partial charge in [0.05, 0.1) is 6.10 Å². The van der Waals surface area contributed by atoms with Gasteiger partial charge in [-0.15, -0.1) is 0 Å². The number of Topliss-reactive ketones (excluding diaryl/α,β-unsaturated/α-hetero) is 1. The van der Waals surface area contributed by atoms with Crippen LogP contribution >= 0.6 is 0 Å². The van der Waals surface area contributed by atoms with Crippen LogP contribution in [0.2, 0.25) is 0 Å². The summed E-state index contributed by atoms with van der Waals surface area (Å²) in [4.78, 5) is 11.9. The fourth-order valence-electron chi connectivity index (χ4n) is 7.02. The molecule has 0 aromatic carbocycles. The Morgan fingerprint density at radius 3 is 2.52 bits per heavy atom. The first-order valence-corrected chi connectivity index (χ1v) is 9.15. The van der Waals surface area contributed by atoms with Crippen LogP contribution in [0.1, 0.15) is 71.6 Å². The SMILES string of the molecule is C[C@@]12CCC(=O)C[C@@H]1CC[C@@H]1C3CC[C@@H](O)[C@]3(C)CC[C@H]12. The molecule has 4 saturated carbocycles. The summed E-state index contributed by atoms with van der Waals surface area (Å²) in [5, 5.41) is 10.5. The van der Waals surface area contributed by atoms with Crippen molar-refractivity contribution in [2.45, 2.75) is 77.7 Å². The fraction of sp³-hybridized carbons (Fsp3) is 0.947. The van der Waals surface area contributed by atoms with E-state index < -0.39 is 0 Å². The van der Waals surface area contributed by atoms with Crippen LogP contribution in [0.4, 0.5) is 0 Å². The Bertz CT molecular complexity index is 458. The van der Waals surface area contributed by atoms with Crippen LogP contribution in [0, 0.1) is 34.5 Å². The minimum Gasteiger partial charge on any atom is -0.393 e. The molecule has 0 radical (unpaired) electrons. The normalized spacial score (nSPS) is 56.5. The summed E-state index contributed by atoms with van der Waals surface area (Å²) >= 11 is 0. The Labute approximate surface area is 128 Å². The summed E-state index contributed by atoms with van der Waals surface area (Å²) in [5.74, 6) is 3.52. The molecule has 1 unspecified atom stereocenters. The maximum atomic E-state index is 11.9. The monoisotopic (exact) mass is 290 g/mol. The highest BCUT2D eigenvalue weighted by atomic mass is 16.3. The zero-order valence-electron chi connectivity index (χ0n) is 13.6. The molecule has 0 amide bonds. The molecule has 0 aliphatic heterocycles. The summed E-state index contributed by atoms with van der Waals surface area (Å²) < 4.78 is 0. The van der Waals surface area contributed by atoms with E-state index in [1.165, 1.54) is 32.1 Å². The first kappa shape index (κ1) is 14.2. The highest BCUT2D eigenvalue weighted by Gasteiger charge is 2.59. The first-order chi connectivity index (χ1) is 9.95. The molecule has 0 aromatic rings. The van der Waals surface area contributed by atoms with Gasteiger partial charge >= 0.3 is 0 Å². The van der Waals surface area contributed by atoms with Crippen molar-refractivity contribution >= 4 is 5.78 Å². The number of hydrogen-bond donors (Lipinski definition) is 1. The second-order valence-corrected chi connectivity index (χ2v) is 9.04. The summed E-state index contributed by atoms with van der Waals surface area (Å²) in [6.07, 6.45) is 10.0. The van der Waals surface area contributed by atoms with Crippen molar-refractivity contribution in [2.75, 3.05) is 0 Å². The second-order valence-electron chi connectivity index (χ2n) is 9.04. The van der Waals surface area contributed by atoms with Gasteiger partial charge in [-0.2, -0.15) is 0 Å². The number of ketones is 1. The van der Waals surface area contributed by atoms with Crippen molar-refractivity contribution in [3.63, 3.8) is 0 Å². The van der Waals surface area contributed by atoms with Crippen LogP contribution in [0.5, 0.6) is 0 Å². The predicted molar refractivity (Wildman–Crippen MR) is 82.7 cm³/mol. The summed E-state index contributed by atoms with van der Waals surface area (Å²) in [5.41, 5.74) is 0.598. The summed E-state index contributed by atoms with van der Waals surface area (Å²) in [6.45, 7) is 4.85. The molecule has 21 heavy (non-hydrogen) atoms. The van der Waals surface area contributed by atoms with Gasteiger partial charge in [-0.1, -0.05) is 13.8 Å². The standard InChI is InChI=1S/C19H30O2/c1-18-9-7-13(20)11-12(18)3-4-14-15-5-6-17(21)19(15,2)10-8-16(14)18/h12,14-17,21H,3-11H2,1-2H3/t12-,14+,15?,16+,17+,18+,19+/m0/s1. The molecule has 0 aromatic heterocycles. The highest BCUT2D eigenvalue weighted by Crippen LogP contribution is 2.65. The van der Waals surface area contributed by atoms with Crippen molar-refractivity contribution in [1.29, 1.82) is 0 Å². The molecule has 0 bridgehead atoms. The van der Waals surface area contributed by atoms with Crippen LogP contribution < -0.4 is 0 Å². The van der Waals surface area contributed by atoms with E-state index in [4.69, 9.17) is 0 Å². The second kappa shape index (κ2) is 4.57. The summed E-state index contributed by atoms with van der Waals surface area (Å²) in [7, 11) is 0. The van der Waals surface area contributed by atoms with Crippen molar-refractivity contribution < 1.29 is 9.90 Å². The van der Waals surface area contributed by atoms with E-state index >= 15 is 0 Å². The molecule has 4 aliphatic rings. The maximum Gasteiger partial charge on any atom is 0.133 e. The van der Waals surface area contributed by atoms with Gasteiger partial charge in [-0.05, 0) is 79.4 Å². The minimum atomic E-state index is -0.0677. The first-order valence-electron chi connectivity index (χ1n) is 9.15. The van der Waals surface area contributed by atoms with Gasteiger partial charge in [0.1, 0.15) is 5.78 Å². The lowest BCUT2D eigenvalue weighted by Gasteiger charge is -2.60. The van der Waals surface area contributed by atoms with E-state index in [1.807, 2.05) is 0 Å². The average molecular weight is 290 g/mol. The molecule has 2 nitrogen and oxygen atoms in total. The molecular formula is C19H30O2. The molecule has 118 valence electrons. The van der Waals surface area contributed by atoms with Crippen molar-refractivity contribution in [1.82, 2.24) is 0 Å². The number of hydrogen-bond acceptors (Lipinski definition) is 2. The average Bonchev–Trinajstić information content (AvgIpc) is 2.76. The molecule has 0 saturated heterocycles. The lowest BCUT2D eigenvalue weighted by molar-refractivity contribution is -0.141. The van der Waals surface area contributed by atoms with E-state index in [-0.39, 0.29) is 11.5 Å². The zero-order chi connectivity index (χ0) is 14.8. The molecule has 4 rings (SSSR count). The maximum absolute atomic E-state index is 11.9. The minimum absolute atomic E-state index is 0.0677. The number of aliphatic hydroxyl groups excluding tert-OH is 1. The van der Waals surface area contributed by atoms with Crippen molar-refractivity contribution in [3.8, 4) is 0 Å². The topological polar surface area (TPSA) is 37.3 Å². The lowest BCUT2D eigenvalue weighted by Crippen LogP contribution is -2.54. The number of carbonyl (C=O) groups excluding carboxylic acids is 1.